The summed E-state index contributed by atoms with van der Waals surface area (Å²) in [5, 5.41) is 3.38. The van der Waals surface area contributed by atoms with Gasteiger partial charge < -0.3 is 15.8 Å². The second-order valence-corrected chi connectivity index (χ2v) is 3.58. The van der Waals surface area contributed by atoms with Crippen molar-refractivity contribution in [1.82, 2.24) is 5.32 Å². The first-order chi connectivity index (χ1) is 6.10. The minimum atomic E-state index is -0.0896. The van der Waals surface area contributed by atoms with Gasteiger partial charge in [0.15, 0.2) is 0 Å². The van der Waals surface area contributed by atoms with Crippen LogP contribution in [0.25, 0.3) is 0 Å². The minimum absolute atomic E-state index is 0.0896. The van der Waals surface area contributed by atoms with E-state index >= 15 is 0 Å². The second kappa shape index (κ2) is 6.13. The number of hydrogen-bond acceptors (Lipinski definition) is 3. The van der Waals surface area contributed by atoms with Crippen LogP contribution in [-0.4, -0.2) is 32.3 Å². The molecule has 0 radical (unpaired) electrons. The fourth-order valence-corrected chi connectivity index (χ4v) is 1.17. The van der Waals surface area contributed by atoms with E-state index in [0.29, 0.717) is 13.2 Å². The van der Waals surface area contributed by atoms with Crippen molar-refractivity contribution >= 4 is 0 Å². The molecule has 0 saturated carbocycles. The van der Waals surface area contributed by atoms with Gasteiger partial charge in [0.05, 0.1) is 12.1 Å². The van der Waals surface area contributed by atoms with Gasteiger partial charge in [0.25, 0.3) is 0 Å². The van der Waals surface area contributed by atoms with Gasteiger partial charge in [-0.05, 0) is 13.3 Å². The van der Waals surface area contributed by atoms with Crippen LogP contribution in [0, 0.1) is 0 Å². The highest BCUT2D eigenvalue weighted by molar-refractivity contribution is 4.97. The third-order valence-corrected chi connectivity index (χ3v) is 2.25. The van der Waals surface area contributed by atoms with Crippen molar-refractivity contribution in [2.24, 2.45) is 5.73 Å². The number of methoxy groups -OCH3 is 1. The lowest BCUT2D eigenvalue weighted by Crippen LogP contribution is -2.54. The van der Waals surface area contributed by atoms with Crippen LogP contribution >= 0.6 is 0 Å². The van der Waals surface area contributed by atoms with Crippen molar-refractivity contribution in [3.63, 3.8) is 0 Å². The predicted molar refractivity (Wildman–Crippen MR) is 56.8 cm³/mol. The summed E-state index contributed by atoms with van der Waals surface area (Å²) >= 11 is 0. The van der Waals surface area contributed by atoms with Gasteiger partial charge in [-0.3, -0.25) is 0 Å². The quantitative estimate of drug-likeness (QED) is 0.581. The maximum Gasteiger partial charge on any atom is 0.0656 e. The van der Waals surface area contributed by atoms with Crippen LogP contribution in [0.3, 0.4) is 0 Å². The molecule has 0 aromatic carbocycles. The molecule has 3 nitrogen and oxygen atoms in total. The van der Waals surface area contributed by atoms with Gasteiger partial charge in [0, 0.05) is 20.2 Å². The summed E-state index contributed by atoms with van der Waals surface area (Å²) in [6.45, 7) is 9.98. The van der Waals surface area contributed by atoms with Gasteiger partial charge in [0.1, 0.15) is 0 Å². The molecule has 1 atom stereocenters. The van der Waals surface area contributed by atoms with Gasteiger partial charge in [-0.2, -0.15) is 0 Å². The Kier molecular flexibility index (Phi) is 5.95. The van der Waals surface area contributed by atoms with Crippen molar-refractivity contribution in [2.45, 2.75) is 25.8 Å². The largest absolute Gasteiger partial charge is 0.383 e. The standard InChI is InChI=1S/C10H22N2O/c1-5-10(7-11,8-13-4)12-6-9(2)3/h12H,2,5-8,11H2,1,3-4H3. The van der Waals surface area contributed by atoms with E-state index in [9.17, 15) is 0 Å². The van der Waals surface area contributed by atoms with Crippen molar-refractivity contribution in [2.75, 3.05) is 26.8 Å². The summed E-state index contributed by atoms with van der Waals surface area (Å²) in [5.74, 6) is 0. The Morgan fingerprint density at radius 2 is 2.23 bits per heavy atom. The van der Waals surface area contributed by atoms with Gasteiger partial charge in [-0.1, -0.05) is 19.1 Å². The summed E-state index contributed by atoms with van der Waals surface area (Å²) in [6.07, 6.45) is 0.963. The van der Waals surface area contributed by atoms with Crippen LogP contribution in [0.2, 0.25) is 0 Å². The molecule has 0 aliphatic rings. The van der Waals surface area contributed by atoms with Crippen molar-refractivity contribution in [1.29, 1.82) is 0 Å². The van der Waals surface area contributed by atoms with E-state index in [4.69, 9.17) is 10.5 Å². The lowest BCUT2D eigenvalue weighted by molar-refractivity contribution is 0.112. The fraction of sp³-hybridized carbons (Fsp3) is 0.800. The zero-order valence-corrected chi connectivity index (χ0v) is 9.02. The zero-order chi connectivity index (χ0) is 10.3. The van der Waals surface area contributed by atoms with E-state index in [2.05, 4.69) is 18.8 Å². The van der Waals surface area contributed by atoms with E-state index in [-0.39, 0.29) is 5.54 Å². The van der Waals surface area contributed by atoms with Gasteiger partial charge in [-0.15, -0.1) is 0 Å². The SMILES string of the molecule is C=C(C)CNC(CC)(CN)COC. The number of rotatable bonds is 7. The monoisotopic (exact) mass is 186 g/mol. The van der Waals surface area contributed by atoms with Crippen molar-refractivity contribution in [3.8, 4) is 0 Å². The molecule has 0 spiro atoms. The molecule has 0 amide bonds. The van der Waals surface area contributed by atoms with Crippen molar-refractivity contribution in [3.05, 3.63) is 12.2 Å². The molecule has 0 saturated heterocycles. The smallest absolute Gasteiger partial charge is 0.0656 e. The summed E-state index contributed by atoms with van der Waals surface area (Å²) < 4.78 is 5.15. The Morgan fingerprint density at radius 3 is 2.54 bits per heavy atom. The molecule has 0 aliphatic carbocycles. The first-order valence-electron chi connectivity index (χ1n) is 4.68. The Balaban J connectivity index is 4.12. The van der Waals surface area contributed by atoms with E-state index < -0.39 is 0 Å². The Labute approximate surface area is 81.3 Å². The Morgan fingerprint density at radius 1 is 1.62 bits per heavy atom. The molecule has 0 heterocycles. The highest BCUT2D eigenvalue weighted by Gasteiger charge is 2.25. The normalized spacial score (nSPS) is 15.4. The van der Waals surface area contributed by atoms with Crippen LogP contribution in [0.1, 0.15) is 20.3 Å². The molecule has 1 unspecified atom stereocenters. The number of nitrogens with one attached hydrogen (secondary N) is 1. The zero-order valence-electron chi connectivity index (χ0n) is 9.02. The van der Waals surface area contributed by atoms with E-state index in [0.717, 1.165) is 18.5 Å². The van der Waals surface area contributed by atoms with Gasteiger partial charge >= 0.3 is 0 Å². The third-order valence-electron chi connectivity index (χ3n) is 2.25. The predicted octanol–water partition coefficient (Wildman–Crippen LogP) is 0.906. The van der Waals surface area contributed by atoms with E-state index in [1.807, 2.05) is 6.92 Å². The number of ether oxygens (including phenoxy) is 1. The lowest BCUT2D eigenvalue weighted by Gasteiger charge is -2.32. The first-order valence-corrected chi connectivity index (χ1v) is 4.68. The highest BCUT2D eigenvalue weighted by atomic mass is 16.5. The Hall–Kier alpha value is -0.380. The molecular weight excluding hydrogens is 164 g/mol. The molecule has 0 aliphatic heterocycles. The molecule has 0 aromatic rings. The van der Waals surface area contributed by atoms with E-state index in [1.54, 1.807) is 7.11 Å². The topological polar surface area (TPSA) is 47.3 Å². The summed E-state index contributed by atoms with van der Waals surface area (Å²) in [4.78, 5) is 0. The molecular formula is C10H22N2O. The molecule has 0 rings (SSSR count). The lowest BCUT2D eigenvalue weighted by atomic mass is 9.97. The van der Waals surface area contributed by atoms with E-state index in [1.165, 1.54) is 0 Å². The highest BCUT2D eigenvalue weighted by Crippen LogP contribution is 2.09. The first kappa shape index (κ1) is 12.6. The summed E-state index contributed by atoms with van der Waals surface area (Å²) in [7, 11) is 1.70. The maximum atomic E-state index is 5.72. The average Bonchev–Trinajstić information content (AvgIpc) is 2.12. The number of nitrogens with two attached hydrogens (primary N) is 1. The van der Waals surface area contributed by atoms with Crippen molar-refractivity contribution < 1.29 is 4.74 Å². The van der Waals surface area contributed by atoms with Crippen LogP contribution in [0.5, 0.6) is 0 Å². The van der Waals surface area contributed by atoms with Gasteiger partial charge in [0.2, 0.25) is 0 Å². The van der Waals surface area contributed by atoms with Crippen LogP contribution in [-0.2, 0) is 4.74 Å². The second-order valence-electron chi connectivity index (χ2n) is 3.58. The molecule has 3 heteroatoms. The van der Waals surface area contributed by atoms with Crippen LogP contribution in [0.4, 0.5) is 0 Å². The average molecular weight is 186 g/mol. The molecule has 0 aromatic heterocycles. The molecule has 13 heavy (non-hydrogen) atoms. The molecule has 0 fully saturated rings. The third kappa shape index (κ3) is 4.41. The summed E-state index contributed by atoms with van der Waals surface area (Å²) in [5.41, 5.74) is 6.74. The summed E-state index contributed by atoms with van der Waals surface area (Å²) in [6, 6.07) is 0. The molecule has 0 bridgehead atoms. The van der Waals surface area contributed by atoms with Crippen LogP contribution < -0.4 is 11.1 Å². The maximum absolute atomic E-state index is 5.72. The molecule has 3 N–H and O–H groups in total. The van der Waals surface area contributed by atoms with Gasteiger partial charge in [-0.25, -0.2) is 0 Å². The van der Waals surface area contributed by atoms with Crippen LogP contribution in [0.15, 0.2) is 12.2 Å². The number of hydrogen-bond donors (Lipinski definition) is 2. The Bertz CT molecular complexity index is 153. The minimum Gasteiger partial charge on any atom is -0.383 e. The molecule has 78 valence electrons. The fourth-order valence-electron chi connectivity index (χ4n) is 1.17.